The largest absolute Gasteiger partial charge is 0.310 e. The van der Waals surface area contributed by atoms with Gasteiger partial charge in [0.25, 0.3) is 0 Å². The van der Waals surface area contributed by atoms with Crippen LogP contribution in [0.3, 0.4) is 0 Å². The molecule has 0 radical (unpaired) electrons. The van der Waals surface area contributed by atoms with E-state index >= 15 is 0 Å². The minimum absolute atomic E-state index is 0.244. The second-order valence-electron chi connectivity index (χ2n) is 13.5. The Hall–Kier alpha value is -6.71. The first kappa shape index (κ1) is 30.1. The number of aromatic nitrogens is 1. The van der Waals surface area contributed by atoms with Crippen molar-refractivity contribution >= 4 is 38.9 Å². The molecule has 0 aliphatic heterocycles. The number of hydrogen-bond acceptors (Lipinski definition) is 1. The first-order chi connectivity index (χ1) is 25.7. The van der Waals surface area contributed by atoms with E-state index in [1.54, 1.807) is 0 Å². The fourth-order valence-corrected chi connectivity index (χ4v) is 8.56. The Labute approximate surface area is 302 Å². The number of nitrogens with zero attached hydrogens (tertiary/aromatic N) is 2. The maximum absolute atomic E-state index is 14.0. The molecule has 0 spiro atoms. The minimum atomic E-state index is -0.501. The third kappa shape index (κ3) is 4.49. The van der Waals surface area contributed by atoms with E-state index < -0.39 is 5.41 Å². The lowest BCUT2D eigenvalue weighted by Gasteiger charge is -2.35. The summed E-state index contributed by atoms with van der Waals surface area (Å²) < 4.78 is 16.2. The summed E-state index contributed by atoms with van der Waals surface area (Å²) in [5.41, 5.74) is 13.3. The van der Waals surface area contributed by atoms with Crippen LogP contribution in [-0.4, -0.2) is 4.57 Å². The highest BCUT2D eigenvalue weighted by atomic mass is 19.1. The second kappa shape index (κ2) is 12.0. The molecule has 52 heavy (non-hydrogen) atoms. The summed E-state index contributed by atoms with van der Waals surface area (Å²) in [7, 11) is 0. The Balaban J connectivity index is 1.23. The van der Waals surface area contributed by atoms with E-state index in [0.717, 1.165) is 44.6 Å². The highest BCUT2D eigenvalue weighted by Gasteiger charge is 2.46. The van der Waals surface area contributed by atoms with Gasteiger partial charge in [0.15, 0.2) is 0 Å². The summed E-state index contributed by atoms with van der Waals surface area (Å²) >= 11 is 0. The fourth-order valence-electron chi connectivity index (χ4n) is 8.56. The number of hydrogen-bond donors (Lipinski definition) is 0. The highest BCUT2D eigenvalue weighted by Crippen LogP contribution is 2.57. The number of halogens is 1. The number of para-hydroxylation sites is 2. The van der Waals surface area contributed by atoms with Crippen molar-refractivity contribution in [3.8, 4) is 16.8 Å². The average Bonchev–Trinajstić information content (AvgIpc) is 3.70. The van der Waals surface area contributed by atoms with Gasteiger partial charge in [0.1, 0.15) is 5.82 Å². The standard InChI is InChI=1S/C49H33FN2/c50-36-24-26-38(27-25-36)52-47-23-13-11-21-43(47)44-32-39(29-31-48(44)52)51(37-18-8-3-9-19-37)40-28-30-42-41-20-10-12-22-45(41)49(46(42)33-40,34-14-4-1-5-15-34)35-16-6-2-7-17-35/h1-33H. The second-order valence-corrected chi connectivity index (χ2v) is 13.5. The van der Waals surface area contributed by atoms with Gasteiger partial charge in [-0.1, -0.05) is 127 Å². The van der Waals surface area contributed by atoms with Crippen molar-refractivity contribution in [1.29, 1.82) is 0 Å². The van der Waals surface area contributed by atoms with E-state index in [-0.39, 0.29) is 5.82 Å². The molecule has 1 heterocycles. The molecule has 0 saturated carbocycles. The van der Waals surface area contributed by atoms with Gasteiger partial charge in [-0.05, 0) is 106 Å². The van der Waals surface area contributed by atoms with E-state index in [2.05, 4.69) is 185 Å². The van der Waals surface area contributed by atoms with Crippen LogP contribution in [0.5, 0.6) is 0 Å². The Morgan fingerprint density at radius 1 is 0.404 bits per heavy atom. The summed E-state index contributed by atoms with van der Waals surface area (Å²) in [5, 5.41) is 2.28. The zero-order valence-corrected chi connectivity index (χ0v) is 28.3. The minimum Gasteiger partial charge on any atom is -0.310 e. The quantitative estimate of drug-likeness (QED) is 0.171. The maximum atomic E-state index is 14.0. The summed E-state index contributed by atoms with van der Waals surface area (Å²) in [6, 6.07) is 70.3. The van der Waals surface area contributed by atoms with Crippen molar-refractivity contribution in [2.45, 2.75) is 5.41 Å². The lowest BCUT2D eigenvalue weighted by Crippen LogP contribution is -2.28. The average molecular weight is 669 g/mol. The third-order valence-electron chi connectivity index (χ3n) is 10.7. The molecule has 9 aromatic rings. The van der Waals surface area contributed by atoms with Gasteiger partial charge in [-0.25, -0.2) is 4.39 Å². The number of benzene rings is 8. The SMILES string of the molecule is Fc1ccc(-n2c3ccccc3c3cc(N(c4ccccc4)c4ccc5c(c4)C(c4ccccc4)(c4ccccc4)c4ccccc4-5)ccc32)cc1. The first-order valence-corrected chi connectivity index (χ1v) is 17.7. The molecule has 8 aromatic carbocycles. The fraction of sp³-hybridized carbons (Fsp3) is 0.0204. The molecular formula is C49H33FN2. The molecule has 1 aromatic heterocycles. The van der Waals surface area contributed by atoms with E-state index in [0.29, 0.717) is 0 Å². The molecule has 0 fully saturated rings. The van der Waals surface area contributed by atoms with Crippen molar-refractivity contribution in [3.63, 3.8) is 0 Å². The van der Waals surface area contributed by atoms with E-state index in [4.69, 9.17) is 0 Å². The van der Waals surface area contributed by atoms with Gasteiger partial charge < -0.3 is 9.47 Å². The molecule has 0 amide bonds. The zero-order valence-electron chi connectivity index (χ0n) is 28.3. The predicted molar refractivity (Wildman–Crippen MR) is 213 cm³/mol. The maximum Gasteiger partial charge on any atom is 0.123 e. The Morgan fingerprint density at radius 3 is 1.69 bits per heavy atom. The van der Waals surface area contributed by atoms with Crippen LogP contribution in [-0.2, 0) is 5.41 Å². The van der Waals surface area contributed by atoms with Crippen LogP contribution in [0.15, 0.2) is 200 Å². The van der Waals surface area contributed by atoms with E-state index in [1.165, 1.54) is 45.5 Å². The van der Waals surface area contributed by atoms with Crippen LogP contribution >= 0.6 is 0 Å². The van der Waals surface area contributed by atoms with E-state index in [9.17, 15) is 4.39 Å². The predicted octanol–water partition coefficient (Wildman–Crippen LogP) is 12.8. The van der Waals surface area contributed by atoms with Crippen molar-refractivity contribution in [3.05, 3.63) is 228 Å². The molecule has 246 valence electrons. The van der Waals surface area contributed by atoms with Gasteiger partial charge in [-0.15, -0.1) is 0 Å². The van der Waals surface area contributed by atoms with Crippen molar-refractivity contribution in [2.24, 2.45) is 0 Å². The first-order valence-electron chi connectivity index (χ1n) is 17.7. The molecular weight excluding hydrogens is 636 g/mol. The van der Waals surface area contributed by atoms with Crippen LogP contribution in [0, 0.1) is 5.82 Å². The van der Waals surface area contributed by atoms with Crippen LogP contribution in [0.2, 0.25) is 0 Å². The Bertz CT molecular complexity index is 2690. The summed E-state index contributed by atoms with van der Waals surface area (Å²) in [5.74, 6) is -0.244. The van der Waals surface area contributed by atoms with Crippen LogP contribution in [0.1, 0.15) is 22.3 Å². The van der Waals surface area contributed by atoms with Gasteiger partial charge in [-0.2, -0.15) is 0 Å². The van der Waals surface area contributed by atoms with Crippen molar-refractivity contribution in [2.75, 3.05) is 4.90 Å². The Kier molecular flexibility index (Phi) is 6.94. The van der Waals surface area contributed by atoms with Gasteiger partial charge in [0, 0.05) is 33.5 Å². The normalized spacial score (nSPS) is 12.9. The third-order valence-corrected chi connectivity index (χ3v) is 10.7. The van der Waals surface area contributed by atoms with Gasteiger partial charge in [0.2, 0.25) is 0 Å². The number of fused-ring (bicyclic) bond motifs is 6. The topological polar surface area (TPSA) is 8.17 Å². The monoisotopic (exact) mass is 668 g/mol. The molecule has 0 saturated heterocycles. The molecule has 0 N–H and O–H groups in total. The molecule has 10 rings (SSSR count). The van der Waals surface area contributed by atoms with Crippen LogP contribution in [0.25, 0.3) is 38.6 Å². The number of anilines is 3. The van der Waals surface area contributed by atoms with Crippen LogP contribution < -0.4 is 4.90 Å². The van der Waals surface area contributed by atoms with Gasteiger partial charge >= 0.3 is 0 Å². The lowest BCUT2D eigenvalue weighted by molar-refractivity contribution is 0.627. The molecule has 0 atom stereocenters. The highest BCUT2D eigenvalue weighted by molar-refractivity contribution is 6.10. The zero-order chi connectivity index (χ0) is 34.6. The summed E-state index contributed by atoms with van der Waals surface area (Å²) in [4.78, 5) is 2.37. The molecule has 0 bridgehead atoms. The number of rotatable bonds is 6. The molecule has 1 aliphatic rings. The van der Waals surface area contributed by atoms with Gasteiger partial charge in [0.05, 0.1) is 16.4 Å². The molecule has 0 unspecified atom stereocenters. The van der Waals surface area contributed by atoms with E-state index in [1.807, 2.05) is 12.1 Å². The summed E-state index contributed by atoms with van der Waals surface area (Å²) in [6.07, 6.45) is 0. The van der Waals surface area contributed by atoms with Crippen molar-refractivity contribution < 1.29 is 4.39 Å². The summed E-state index contributed by atoms with van der Waals surface area (Å²) in [6.45, 7) is 0. The molecule has 2 nitrogen and oxygen atoms in total. The lowest BCUT2D eigenvalue weighted by atomic mass is 9.67. The molecule has 1 aliphatic carbocycles. The molecule has 3 heteroatoms. The van der Waals surface area contributed by atoms with Gasteiger partial charge in [-0.3, -0.25) is 0 Å². The van der Waals surface area contributed by atoms with Crippen molar-refractivity contribution in [1.82, 2.24) is 4.57 Å². The Morgan fingerprint density at radius 2 is 0.962 bits per heavy atom. The van der Waals surface area contributed by atoms with Crippen LogP contribution in [0.4, 0.5) is 21.5 Å². The smallest absolute Gasteiger partial charge is 0.123 e.